The van der Waals surface area contributed by atoms with Crippen molar-refractivity contribution in [1.29, 1.82) is 5.26 Å². The van der Waals surface area contributed by atoms with E-state index in [1.807, 2.05) is 61.5 Å². The Balaban J connectivity index is 1.94. The van der Waals surface area contributed by atoms with E-state index in [4.69, 9.17) is 5.73 Å². The molecule has 3 rings (SSSR count). The number of rotatable bonds is 6. The summed E-state index contributed by atoms with van der Waals surface area (Å²) in [7, 11) is 0. The minimum Gasteiger partial charge on any atom is -0.381 e. The van der Waals surface area contributed by atoms with Crippen LogP contribution < -0.4 is 11.1 Å². The van der Waals surface area contributed by atoms with Crippen LogP contribution in [-0.4, -0.2) is 5.91 Å². The topological polar surface area (TPSA) is 78.9 Å². The molecule has 0 atom stereocenters. The predicted molar refractivity (Wildman–Crippen MR) is 107 cm³/mol. The molecule has 3 aromatic rings. The maximum atomic E-state index is 11.8. The highest BCUT2D eigenvalue weighted by Crippen LogP contribution is 2.25. The number of aryl methyl sites for hydroxylation is 1. The van der Waals surface area contributed by atoms with Crippen molar-refractivity contribution in [1.82, 2.24) is 0 Å². The molecular formula is C23H21N3O. The first-order valence-corrected chi connectivity index (χ1v) is 8.77. The summed E-state index contributed by atoms with van der Waals surface area (Å²) in [6.45, 7) is 2.63. The van der Waals surface area contributed by atoms with Crippen LogP contribution in [0.4, 0.5) is 5.69 Å². The molecule has 0 aliphatic carbocycles. The molecule has 0 fully saturated rings. The van der Waals surface area contributed by atoms with E-state index >= 15 is 0 Å². The van der Waals surface area contributed by atoms with Gasteiger partial charge in [0.05, 0.1) is 11.6 Å². The standard InChI is InChI=1S/C23H21N3O/c1-16-6-5-9-20(23(25)27)21(16)13-19-11-10-18(14-24)12-22(19)26-15-17-7-3-2-4-8-17/h2-12,26H,13,15H2,1H3,(H2,25,27). The van der Waals surface area contributed by atoms with Crippen molar-refractivity contribution in [2.24, 2.45) is 5.73 Å². The first-order chi connectivity index (χ1) is 13.1. The molecule has 0 saturated carbocycles. The lowest BCUT2D eigenvalue weighted by molar-refractivity contribution is 0.0999. The zero-order chi connectivity index (χ0) is 19.2. The average molecular weight is 355 g/mol. The Kier molecular flexibility index (Phi) is 5.53. The molecule has 0 unspecified atom stereocenters. The number of hydrogen-bond acceptors (Lipinski definition) is 3. The predicted octanol–water partition coefficient (Wildman–Crippen LogP) is 4.17. The van der Waals surface area contributed by atoms with Crippen molar-refractivity contribution >= 4 is 11.6 Å². The summed E-state index contributed by atoms with van der Waals surface area (Å²) in [5.74, 6) is -0.430. The van der Waals surface area contributed by atoms with Gasteiger partial charge in [0.1, 0.15) is 0 Å². The average Bonchev–Trinajstić information content (AvgIpc) is 2.69. The number of carbonyl (C=O) groups is 1. The largest absolute Gasteiger partial charge is 0.381 e. The summed E-state index contributed by atoms with van der Waals surface area (Å²) in [5.41, 5.74) is 11.7. The number of amides is 1. The summed E-state index contributed by atoms with van der Waals surface area (Å²) in [4.78, 5) is 11.8. The molecule has 0 heterocycles. The summed E-state index contributed by atoms with van der Waals surface area (Å²) < 4.78 is 0. The van der Waals surface area contributed by atoms with Crippen LogP contribution in [0.15, 0.2) is 66.7 Å². The molecule has 27 heavy (non-hydrogen) atoms. The van der Waals surface area contributed by atoms with E-state index in [1.165, 1.54) is 0 Å². The van der Waals surface area contributed by atoms with E-state index in [0.717, 1.165) is 27.9 Å². The van der Waals surface area contributed by atoms with Gasteiger partial charge in [-0.25, -0.2) is 0 Å². The number of nitrogens with two attached hydrogens (primary N) is 1. The zero-order valence-electron chi connectivity index (χ0n) is 15.2. The molecule has 4 heteroatoms. The van der Waals surface area contributed by atoms with E-state index in [2.05, 4.69) is 11.4 Å². The Morgan fingerprint density at radius 1 is 1.07 bits per heavy atom. The molecule has 3 N–H and O–H groups in total. The maximum Gasteiger partial charge on any atom is 0.248 e. The van der Waals surface area contributed by atoms with E-state index in [-0.39, 0.29) is 0 Å². The van der Waals surface area contributed by atoms with Gasteiger partial charge in [-0.2, -0.15) is 5.26 Å². The van der Waals surface area contributed by atoms with Gasteiger partial charge in [0.15, 0.2) is 0 Å². The van der Waals surface area contributed by atoms with Crippen LogP contribution in [0.5, 0.6) is 0 Å². The number of anilines is 1. The fourth-order valence-corrected chi connectivity index (χ4v) is 3.12. The van der Waals surface area contributed by atoms with Crippen LogP contribution >= 0.6 is 0 Å². The third kappa shape index (κ3) is 4.34. The quantitative estimate of drug-likeness (QED) is 0.696. The second-order valence-electron chi connectivity index (χ2n) is 6.46. The van der Waals surface area contributed by atoms with E-state index in [9.17, 15) is 10.1 Å². The fourth-order valence-electron chi connectivity index (χ4n) is 3.12. The molecule has 1 amide bonds. The monoisotopic (exact) mass is 355 g/mol. The number of hydrogen-bond donors (Lipinski definition) is 2. The number of nitrogens with zero attached hydrogens (tertiary/aromatic N) is 1. The van der Waals surface area contributed by atoms with E-state index in [1.54, 1.807) is 12.1 Å². The van der Waals surface area contributed by atoms with Crippen molar-refractivity contribution in [3.63, 3.8) is 0 Å². The van der Waals surface area contributed by atoms with Gasteiger partial charge in [-0.1, -0.05) is 48.5 Å². The van der Waals surface area contributed by atoms with E-state index in [0.29, 0.717) is 24.1 Å². The smallest absolute Gasteiger partial charge is 0.248 e. The lowest BCUT2D eigenvalue weighted by Crippen LogP contribution is -2.15. The van der Waals surface area contributed by atoms with Gasteiger partial charge in [0.2, 0.25) is 5.91 Å². The van der Waals surface area contributed by atoms with Gasteiger partial charge in [-0.05, 0) is 47.4 Å². The zero-order valence-corrected chi connectivity index (χ0v) is 15.2. The first-order valence-electron chi connectivity index (χ1n) is 8.77. The minimum absolute atomic E-state index is 0.430. The van der Waals surface area contributed by atoms with Crippen molar-refractivity contribution in [2.45, 2.75) is 19.9 Å². The van der Waals surface area contributed by atoms with Crippen molar-refractivity contribution in [3.8, 4) is 6.07 Å². The van der Waals surface area contributed by atoms with Crippen molar-refractivity contribution < 1.29 is 4.79 Å². The van der Waals surface area contributed by atoms with Crippen LogP contribution in [0.3, 0.4) is 0 Å². The Morgan fingerprint density at radius 3 is 2.56 bits per heavy atom. The Bertz CT molecular complexity index is 1000. The van der Waals surface area contributed by atoms with Gasteiger partial charge in [0, 0.05) is 24.2 Å². The maximum absolute atomic E-state index is 11.8. The summed E-state index contributed by atoms with van der Waals surface area (Å²) in [6, 6.07) is 23.4. The highest BCUT2D eigenvalue weighted by molar-refractivity contribution is 5.94. The number of carbonyl (C=O) groups excluding carboxylic acids is 1. The van der Waals surface area contributed by atoms with Crippen molar-refractivity contribution in [3.05, 3.63) is 100 Å². The molecule has 4 nitrogen and oxygen atoms in total. The summed E-state index contributed by atoms with van der Waals surface area (Å²) in [5, 5.41) is 12.7. The molecule has 3 aromatic carbocycles. The second-order valence-corrected chi connectivity index (χ2v) is 6.46. The number of nitriles is 1. The van der Waals surface area contributed by atoms with Crippen LogP contribution in [0.1, 0.15) is 38.2 Å². The van der Waals surface area contributed by atoms with Crippen LogP contribution in [0.2, 0.25) is 0 Å². The van der Waals surface area contributed by atoms with Gasteiger partial charge in [0.25, 0.3) is 0 Å². The molecular weight excluding hydrogens is 334 g/mol. The third-order valence-electron chi connectivity index (χ3n) is 4.61. The summed E-state index contributed by atoms with van der Waals surface area (Å²) in [6.07, 6.45) is 0.563. The second kappa shape index (κ2) is 8.20. The first kappa shape index (κ1) is 18.2. The molecule has 0 radical (unpaired) electrons. The number of benzene rings is 3. The minimum atomic E-state index is -0.430. The van der Waals surface area contributed by atoms with Crippen LogP contribution in [0.25, 0.3) is 0 Å². The molecule has 0 aliphatic rings. The third-order valence-corrected chi connectivity index (χ3v) is 4.61. The summed E-state index contributed by atoms with van der Waals surface area (Å²) >= 11 is 0. The van der Waals surface area contributed by atoms with Crippen molar-refractivity contribution in [2.75, 3.05) is 5.32 Å². The molecule has 0 aliphatic heterocycles. The number of primary amides is 1. The molecule has 0 aromatic heterocycles. The normalized spacial score (nSPS) is 10.2. The SMILES string of the molecule is Cc1cccc(C(N)=O)c1Cc1ccc(C#N)cc1NCc1ccccc1. The molecule has 0 bridgehead atoms. The Morgan fingerprint density at radius 2 is 1.85 bits per heavy atom. The Labute approximate surface area is 159 Å². The van der Waals surface area contributed by atoms with Crippen LogP contribution in [-0.2, 0) is 13.0 Å². The molecule has 0 spiro atoms. The lowest BCUT2D eigenvalue weighted by atomic mass is 9.93. The van der Waals surface area contributed by atoms with E-state index < -0.39 is 5.91 Å². The highest BCUT2D eigenvalue weighted by atomic mass is 16.1. The van der Waals surface area contributed by atoms with Crippen LogP contribution in [0, 0.1) is 18.3 Å². The fraction of sp³-hybridized carbons (Fsp3) is 0.130. The van der Waals surface area contributed by atoms with Gasteiger partial charge in [-0.3, -0.25) is 4.79 Å². The lowest BCUT2D eigenvalue weighted by Gasteiger charge is -2.16. The van der Waals surface area contributed by atoms with Gasteiger partial charge >= 0.3 is 0 Å². The molecule has 0 saturated heterocycles. The Hall–Kier alpha value is -3.58. The van der Waals surface area contributed by atoms with Gasteiger partial charge in [-0.15, -0.1) is 0 Å². The van der Waals surface area contributed by atoms with Gasteiger partial charge < -0.3 is 11.1 Å². The molecule has 134 valence electrons. The number of nitrogens with one attached hydrogen (secondary N) is 1. The highest BCUT2D eigenvalue weighted by Gasteiger charge is 2.13.